The zero-order valence-corrected chi connectivity index (χ0v) is 15.5. The van der Waals surface area contributed by atoms with E-state index in [-0.39, 0.29) is 0 Å². The lowest BCUT2D eigenvalue weighted by atomic mass is 9.93. The number of hydrogen-bond acceptors (Lipinski definition) is 4. The minimum atomic E-state index is -0.693. The number of guanidine groups is 1. The van der Waals surface area contributed by atoms with Crippen LogP contribution in [-0.2, 0) is 6.54 Å². The Balaban J connectivity index is 2.05. The Morgan fingerprint density at radius 2 is 1.92 bits per heavy atom. The molecular formula is C18H30N6O. The average molecular weight is 346 g/mol. The van der Waals surface area contributed by atoms with Crippen LogP contribution in [0.25, 0.3) is 5.65 Å². The third kappa shape index (κ3) is 5.42. The molecule has 2 aromatic heterocycles. The molecule has 0 saturated carbocycles. The average Bonchev–Trinajstić information content (AvgIpc) is 3.01. The summed E-state index contributed by atoms with van der Waals surface area (Å²) in [4.78, 5) is 4.59. The Labute approximate surface area is 149 Å². The second-order valence-electron chi connectivity index (χ2n) is 6.32. The summed E-state index contributed by atoms with van der Waals surface area (Å²) in [5.41, 5.74) is 0.118. The van der Waals surface area contributed by atoms with Crippen LogP contribution in [0, 0.1) is 0 Å². The molecule has 0 aliphatic heterocycles. The summed E-state index contributed by atoms with van der Waals surface area (Å²) in [5.74, 6) is 1.46. The summed E-state index contributed by atoms with van der Waals surface area (Å²) in [6.45, 7) is 7.87. The first kappa shape index (κ1) is 19.2. The Kier molecular flexibility index (Phi) is 7.18. The van der Waals surface area contributed by atoms with Crippen molar-refractivity contribution in [2.24, 2.45) is 4.99 Å². The second kappa shape index (κ2) is 9.36. The van der Waals surface area contributed by atoms with Crippen molar-refractivity contribution >= 4 is 11.6 Å². The molecule has 0 saturated heterocycles. The smallest absolute Gasteiger partial charge is 0.191 e. The second-order valence-corrected chi connectivity index (χ2v) is 6.32. The van der Waals surface area contributed by atoms with Gasteiger partial charge in [-0.15, -0.1) is 10.2 Å². The largest absolute Gasteiger partial charge is 0.388 e. The molecule has 2 rings (SSSR count). The number of aliphatic imine (C=N–C) groups is 1. The van der Waals surface area contributed by atoms with Gasteiger partial charge in [-0.05, 0) is 31.9 Å². The first-order valence-corrected chi connectivity index (χ1v) is 9.15. The number of nitrogens with one attached hydrogen (secondary N) is 2. The van der Waals surface area contributed by atoms with Gasteiger partial charge in [-0.1, -0.05) is 32.8 Å². The molecular weight excluding hydrogens is 316 g/mol. The van der Waals surface area contributed by atoms with Crippen molar-refractivity contribution in [1.82, 2.24) is 25.2 Å². The topological polar surface area (TPSA) is 86.8 Å². The van der Waals surface area contributed by atoms with Gasteiger partial charge in [0.05, 0.1) is 5.60 Å². The van der Waals surface area contributed by atoms with Crippen LogP contribution in [0.5, 0.6) is 0 Å². The number of hydrogen-bond donors (Lipinski definition) is 3. The summed E-state index contributed by atoms with van der Waals surface area (Å²) >= 11 is 0. The van der Waals surface area contributed by atoms with Crippen LogP contribution < -0.4 is 10.6 Å². The Bertz CT molecular complexity index is 675. The van der Waals surface area contributed by atoms with Gasteiger partial charge >= 0.3 is 0 Å². The molecule has 7 nitrogen and oxygen atoms in total. The van der Waals surface area contributed by atoms with Crippen LogP contribution in [0.15, 0.2) is 29.4 Å². The molecule has 0 amide bonds. The summed E-state index contributed by atoms with van der Waals surface area (Å²) in [6.07, 6.45) is 5.40. The first-order chi connectivity index (χ1) is 12.1. The van der Waals surface area contributed by atoms with Crippen LogP contribution >= 0.6 is 0 Å². The number of pyridine rings is 1. The SMILES string of the molecule is CCCC(O)(CCC)CNC(=NCc1nnc2ccccn12)NCC. The lowest BCUT2D eigenvalue weighted by Gasteiger charge is -2.28. The van der Waals surface area contributed by atoms with E-state index in [2.05, 4.69) is 39.7 Å². The Morgan fingerprint density at radius 1 is 1.16 bits per heavy atom. The fourth-order valence-electron chi connectivity index (χ4n) is 2.97. The molecule has 138 valence electrons. The predicted octanol–water partition coefficient (Wildman–Crippen LogP) is 2.12. The molecule has 0 radical (unpaired) electrons. The van der Waals surface area contributed by atoms with Crippen LogP contribution in [0.3, 0.4) is 0 Å². The van der Waals surface area contributed by atoms with E-state index in [1.165, 1.54) is 0 Å². The molecule has 0 aliphatic carbocycles. The highest BCUT2D eigenvalue weighted by Gasteiger charge is 2.24. The van der Waals surface area contributed by atoms with E-state index in [0.717, 1.165) is 43.7 Å². The molecule has 0 unspecified atom stereocenters. The van der Waals surface area contributed by atoms with Crippen molar-refractivity contribution in [2.75, 3.05) is 13.1 Å². The molecule has 0 bridgehead atoms. The molecule has 0 aromatic carbocycles. The quantitative estimate of drug-likeness (QED) is 0.478. The normalized spacial score (nSPS) is 12.6. The van der Waals surface area contributed by atoms with Crippen molar-refractivity contribution < 1.29 is 5.11 Å². The highest BCUT2D eigenvalue weighted by atomic mass is 16.3. The number of aliphatic hydroxyl groups is 1. The summed E-state index contributed by atoms with van der Waals surface area (Å²) in [6, 6.07) is 5.80. The molecule has 0 spiro atoms. The summed E-state index contributed by atoms with van der Waals surface area (Å²) in [5, 5.41) is 25.6. The van der Waals surface area contributed by atoms with Crippen LogP contribution in [-0.4, -0.2) is 44.4 Å². The standard InChI is InChI=1S/C18H30N6O/c1-4-10-18(25,11-5-2)14-21-17(19-6-3)20-13-16-23-22-15-9-7-8-12-24(15)16/h7-9,12,25H,4-6,10-11,13-14H2,1-3H3,(H2,19,20,21). The van der Waals surface area contributed by atoms with Gasteiger partial charge in [0.1, 0.15) is 6.54 Å². The van der Waals surface area contributed by atoms with Gasteiger partial charge in [0.25, 0.3) is 0 Å². The van der Waals surface area contributed by atoms with Gasteiger partial charge in [-0.25, -0.2) is 4.99 Å². The predicted molar refractivity (Wildman–Crippen MR) is 101 cm³/mol. The van der Waals surface area contributed by atoms with E-state index < -0.39 is 5.60 Å². The number of rotatable bonds is 9. The van der Waals surface area contributed by atoms with E-state index >= 15 is 0 Å². The molecule has 0 fully saturated rings. The molecule has 3 N–H and O–H groups in total. The fourth-order valence-corrected chi connectivity index (χ4v) is 2.97. The van der Waals surface area contributed by atoms with Crippen LogP contribution in [0.1, 0.15) is 52.3 Å². The Hall–Kier alpha value is -2.15. The zero-order chi connectivity index (χ0) is 18.1. The molecule has 0 aliphatic rings. The summed E-state index contributed by atoms with van der Waals surface area (Å²) < 4.78 is 1.93. The molecule has 2 aromatic rings. The molecule has 2 heterocycles. The first-order valence-electron chi connectivity index (χ1n) is 9.15. The third-order valence-corrected chi connectivity index (χ3v) is 4.12. The zero-order valence-electron chi connectivity index (χ0n) is 15.5. The van der Waals surface area contributed by atoms with E-state index in [9.17, 15) is 5.11 Å². The van der Waals surface area contributed by atoms with Gasteiger partial charge in [0.2, 0.25) is 0 Å². The third-order valence-electron chi connectivity index (χ3n) is 4.12. The van der Waals surface area contributed by atoms with E-state index in [1.54, 1.807) is 0 Å². The van der Waals surface area contributed by atoms with Gasteiger partial charge < -0.3 is 15.7 Å². The van der Waals surface area contributed by atoms with Gasteiger partial charge in [0.15, 0.2) is 17.4 Å². The van der Waals surface area contributed by atoms with E-state index in [4.69, 9.17) is 0 Å². The summed E-state index contributed by atoms with van der Waals surface area (Å²) in [7, 11) is 0. The highest BCUT2D eigenvalue weighted by Crippen LogP contribution is 2.18. The fraction of sp³-hybridized carbons (Fsp3) is 0.611. The maximum atomic E-state index is 10.8. The number of fused-ring (bicyclic) bond motifs is 1. The van der Waals surface area contributed by atoms with E-state index in [1.807, 2.05) is 35.7 Å². The highest BCUT2D eigenvalue weighted by molar-refractivity contribution is 5.79. The van der Waals surface area contributed by atoms with Crippen molar-refractivity contribution in [3.8, 4) is 0 Å². The van der Waals surface area contributed by atoms with Gasteiger partial charge in [-0.3, -0.25) is 4.40 Å². The maximum absolute atomic E-state index is 10.8. The van der Waals surface area contributed by atoms with Crippen LogP contribution in [0.4, 0.5) is 0 Å². The monoisotopic (exact) mass is 346 g/mol. The molecule has 7 heteroatoms. The molecule has 0 atom stereocenters. The van der Waals surface area contributed by atoms with Gasteiger partial charge in [0, 0.05) is 19.3 Å². The van der Waals surface area contributed by atoms with Crippen molar-refractivity contribution in [1.29, 1.82) is 0 Å². The van der Waals surface area contributed by atoms with Crippen molar-refractivity contribution in [3.63, 3.8) is 0 Å². The lowest BCUT2D eigenvalue weighted by Crippen LogP contribution is -2.47. The van der Waals surface area contributed by atoms with E-state index in [0.29, 0.717) is 19.0 Å². The minimum Gasteiger partial charge on any atom is -0.388 e. The van der Waals surface area contributed by atoms with Crippen LogP contribution in [0.2, 0.25) is 0 Å². The van der Waals surface area contributed by atoms with Crippen molar-refractivity contribution in [2.45, 2.75) is 58.6 Å². The van der Waals surface area contributed by atoms with Crippen molar-refractivity contribution in [3.05, 3.63) is 30.2 Å². The molecule has 25 heavy (non-hydrogen) atoms. The minimum absolute atomic E-state index is 0.417. The Morgan fingerprint density at radius 3 is 2.60 bits per heavy atom. The number of aromatic nitrogens is 3. The maximum Gasteiger partial charge on any atom is 0.191 e. The lowest BCUT2D eigenvalue weighted by molar-refractivity contribution is 0.0257. The number of nitrogens with zero attached hydrogens (tertiary/aromatic N) is 4. The van der Waals surface area contributed by atoms with Gasteiger partial charge in [-0.2, -0.15) is 0 Å².